The summed E-state index contributed by atoms with van der Waals surface area (Å²) in [6.07, 6.45) is -0.817. The molecule has 108 valence electrons. The first-order valence-corrected chi connectivity index (χ1v) is 6.23. The van der Waals surface area contributed by atoms with Crippen LogP contribution in [0.5, 0.6) is 0 Å². The number of hydrogen-bond donors (Lipinski definition) is 3. The van der Waals surface area contributed by atoms with Crippen LogP contribution in [0.3, 0.4) is 0 Å². The quantitative estimate of drug-likeness (QED) is 0.738. The van der Waals surface area contributed by atoms with E-state index >= 15 is 0 Å². The highest BCUT2D eigenvalue weighted by molar-refractivity contribution is 6.42. The molecule has 3 N–H and O–H groups in total. The van der Waals surface area contributed by atoms with E-state index in [1.165, 1.54) is 12.1 Å². The fourth-order valence-corrected chi connectivity index (χ4v) is 1.78. The van der Waals surface area contributed by atoms with Crippen molar-refractivity contribution in [3.8, 4) is 0 Å². The summed E-state index contributed by atoms with van der Waals surface area (Å²) in [6, 6.07) is 3.10. The minimum atomic E-state index is -1.47. The Kier molecular flexibility index (Phi) is 5.79. The molecule has 1 atom stereocenters. The van der Waals surface area contributed by atoms with Crippen LogP contribution in [0, 0.1) is 0 Å². The van der Waals surface area contributed by atoms with Crippen LogP contribution < -0.4 is 5.32 Å². The highest BCUT2D eigenvalue weighted by Crippen LogP contribution is 2.22. The average molecular weight is 320 g/mol. The van der Waals surface area contributed by atoms with E-state index in [0.29, 0.717) is 10.6 Å². The number of nitrogens with one attached hydrogen (secondary N) is 1. The number of hydrogen-bond acceptors (Lipinski definition) is 3. The molecule has 0 aliphatic heterocycles. The summed E-state index contributed by atoms with van der Waals surface area (Å²) < 4.78 is 0. The smallest absolute Gasteiger partial charge is 0.326 e. The topological polar surface area (TPSA) is 104 Å². The van der Waals surface area contributed by atoms with Crippen LogP contribution in [-0.4, -0.2) is 34.1 Å². The van der Waals surface area contributed by atoms with E-state index in [9.17, 15) is 14.4 Å². The highest BCUT2D eigenvalue weighted by Gasteiger charge is 2.22. The van der Waals surface area contributed by atoms with Crippen molar-refractivity contribution in [2.45, 2.75) is 18.9 Å². The first kappa shape index (κ1) is 16.3. The van der Waals surface area contributed by atoms with E-state index < -0.39 is 30.3 Å². The maximum absolute atomic E-state index is 11.7. The molecule has 0 radical (unpaired) electrons. The molecule has 0 aliphatic carbocycles. The number of carboxylic acid groups (broad SMARTS) is 2. The molecule has 0 aliphatic rings. The molecule has 1 unspecified atom stereocenters. The number of rotatable bonds is 6. The molecule has 8 heteroatoms. The molecule has 0 aromatic heterocycles. The number of benzene rings is 1. The second kappa shape index (κ2) is 7.12. The Morgan fingerprint density at radius 3 is 2.30 bits per heavy atom. The molecule has 0 spiro atoms. The van der Waals surface area contributed by atoms with Crippen LogP contribution in [0.2, 0.25) is 10.0 Å². The van der Waals surface area contributed by atoms with Gasteiger partial charge in [-0.2, -0.15) is 0 Å². The Bertz CT molecular complexity index is 547. The summed E-state index contributed by atoms with van der Waals surface area (Å²) in [5.41, 5.74) is 0.538. The van der Waals surface area contributed by atoms with Crippen LogP contribution in [0.1, 0.15) is 12.0 Å². The summed E-state index contributed by atoms with van der Waals surface area (Å²) in [7, 11) is 0. The van der Waals surface area contributed by atoms with Crippen molar-refractivity contribution in [3.05, 3.63) is 33.8 Å². The van der Waals surface area contributed by atoms with Gasteiger partial charge in [0.15, 0.2) is 0 Å². The van der Waals surface area contributed by atoms with Gasteiger partial charge < -0.3 is 15.5 Å². The van der Waals surface area contributed by atoms with Crippen molar-refractivity contribution in [2.24, 2.45) is 0 Å². The van der Waals surface area contributed by atoms with Crippen LogP contribution >= 0.6 is 23.2 Å². The lowest BCUT2D eigenvalue weighted by Crippen LogP contribution is -2.42. The van der Waals surface area contributed by atoms with Crippen molar-refractivity contribution < 1.29 is 24.6 Å². The van der Waals surface area contributed by atoms with E-state index in [-0.39, 0.29) is 11.4 Å². The SMILES string of the molecule is O=C(O)CC(NC(=O)Cc1ccc(Cl)c(Cl)c1)C(=O)O. The average Bonchev–Trinajstić information content (AvgIpc) is 2.32. The van der Waals surface area contributed by atoms with Gasteiger partial charge in [-0.25, -0.2) is 4.79 Å². The lowest BCUT2D eigenvalue weighted by molar-refractivity contribution is -0.147. The third-order valence-electron chi connectivity index (χ3n) is 2.36. The molecule has 0 fully saturated rings. The normalized spacial score (nSPS) is 11.7. The van der Waals surface area contributed by atoms with E-state index in [1.54, 1.807) is 6.07 Å². The van der Waals surface area contributed by atoms with Gasteiger partial charge in [0.05, 0.1) is 22.9 Å². The maximum Gasteiger partial charge on any atom is 0.326 e. The Hall–Kier alpha value is -1.79. The first-order valence-electron chi connectivity index (χ1n) is 5.47. The third-order valence-corrected chi connectivity index (χ3v) is 3.10. The number of aliphatic carboxylic acids is 2. The molecule has 1 aromatic carbocycles. The standard InChI is InChI=1S/C12H11Cl2NO5/c13-7-2-1-6(3-8(7)14)4-10(16)15-9(12(19)20)5-11(17)18/h1-3,9H,4-5H2,(H,15,16)(H,17,18)(H,19,20). The zero-order valence-electron chi connectivity index (χ0n) is 10.1. The van der Waals surface area contributed by atoms with Gasteiger partial charge in [-0.1, -0.05) is 29.3 Å². The van der Waals surface area contributed by atoms with E-state index in [0.717, 1.165) is 0 Å². The van der Waals surface area contributed by atoms with Gasteiger partial charge in [-0.05, 0) is 17.7 Å². The lowest BCUT2D eigenvalue weighted by atomic mass is 10.1. The van der Waals surface area contributed by atoms with Gasteiger partial charge in [0, 0.05) is 0 Å². The molecular weight excluding hydrogens is 309 g/mol. The Balaban J connectivity index is 2.67. The van der Waals surface area contributed by atoms with Crippen molar-refractivity contribution in [1.82, 2.24) is 5.32 Å². The first-order chi connectivity index (χ1) is 9.29. The molecule has 0 saturated heterocycles. The van der Waals surface area contributed by atoms with Gasteiger partial charge in [-0.3, -0.25) is 9.59 Å². The third kappa shape index (κ3) is 5.07. The Morgan fingerprint density at radius 2 is 1.80 bits per heavy atom. The van der Waals surface area contributed by atoms with E-state index in [1.807, 2.05) is 0 Å². The maximum atomic E-state index is 11.7. The number of carbonyl (C=O) groups is 3. The van der Waals surface area contributed by atoms with Gasteiger partial charge in [-0.15, -0.1) is 0 Å². The zero-order valence-corrected chi connectivity index (χ0v) is 11.6. The summed E-state index contributed by atoms with van der Waals surface area (Å²) in [4.78, 5) is 33.0. The van der Waals surface area contributed by atoms with E-state index in [4.69, 9.17) is 33.4 Å². The Morgan fingerprint density at radius 1 is 1.15 bits per heavy atom. The number of halogens is 2. The van der Waals surface area contributed by atoms with Crippen LogP contribution in [0.25, 0.3) is 0 Å². The fraction of sp³-hybridized carbons (Fsp3) is 0.250. The van der Waals surface area contributed by atoms with Crippen molar-refractivity contribution in [2.75, 3.05) is 0 Å². The molecule has 1 amide bonds. The lowest BCUT2D eigenvalue weighted by Gasteiger charge is -2.12. The molecular formula is C12H11Cl2NO5. The summed E-state index contributed by atoms with van der Waals surface area (Å²) in [6.45, 7) is 0. The van der Waals surface area contributed by atoms with Gasteiger partial charge in [0.1, 0.15) is 6.04 Å². The van der Waals surface area contributed by atoms with E-state index in [2.05, 4.69) is 5.32 Å². The van der Waals surface area contributed by atoms with Crippen LogP contribution in [0.4, 0.5) is 0 Å². The molecule has 6 nitrogen and oxygen atoms in total. The predicted octanol–water partition coefficient (Wildman–Crippen LogP) is 1.58. The predicted molar refractivity (Wildman–Crippen MR) is 72.0 cm³/mol. The number of amides is 1. The van der Waals surface area contributed by atoms with Gasteiger partial charge in [0.25, 0.3) is 0 Å². The minimum absolute atomic E-state index is 0.125. The van der Waals surface area contributed by atoms with Crippen molar-refractivity contribution in [3.63, 3.8) is 0 Å². The second-order valence-electron chi connectivity index (χ2n) is 3.98. The Labute approximate surface area is 124 Å². The summed E-state index contributed by atoms with van der Waals surface area (Å²) in [5.74, 6) is -3.33. The molecule has 0 saturated carbocycles. The molecule has 0 heterocycles. The molecule has 0 bridgehead atoms. The largest absolute Gasteiger partial charge is 0.481 e. The monoisotopic (exact) mass is 319 g/mol. The highest BCUT2D eigenvalue weighted by atomic mass is 35.5. The van der Waals surface area contributed by atoms with Crippen LogP contribution in [-0.2, 0) is 20.8 Å². The van der Waals surface area contributed by atoms with Crippen molar-refractivity contribution >= 4 is 41.0 Å². The fourth-order valence-electron chi connectivity index (χ4n) is 1.46. The summed E-state index contributed by atoms with van der Waals surface area (Å²) in [5, 5.41) is 20.1. The summed E-state index contributed by atoms with van der Waals surface area (Å²) >= 11 is 11.5. The second-order valence-corrected chi connectivity index (χ2v) is 4.80. The zero-order chi connectivity index (χ0) is 15.3. The van der Waals surface area contributed by atoms with Gasteiger partial charge >= 0.3 is 11.9 Å². The van der Waals surface area contributed by atoms with Gasteiger partial charge in [0.2, 0.25) is 5.91 Å². The molecule has 20 heavy (non-hydrogen) atoms. The number of carboxylic acids is 2. The molecule has 1 aromatic rings. The van der Waals surface area contributed by atoms with Crippen LogP contribution in [0.15, 0.2) is 18.2 Å². The number of carbonyl (C=O) groups excluding carboxylic acids is 1. The van der Waals surface area contributed by atoms with Crippen molar-refractivity contribution in [1.29, 1.82) is 0 Å². The minimum Gasteiger partial charge on any atom is -0.481 e. The molecule has 1 rings (SSSR count).